The van der Waals surface area contributed by atoms with E-state index >= 15 is 0 Å². The zero-order chi connectivity index (χ0) is 24.2. The average Bonchev–Trinajstić information content (AvgIpc) is 3.57. The second-order valence-electron chi connectivity index (χ2n) is 10.1. The van der Waals surface area contributed by atoms with E-state index in [1.165, 1.54) is 12.8 Å². The average molecular weight is 538 g/mol. The first-order valence-corrected chi connectivity index (χ1v) is 14.7. The van der Waals surface area contributed by atoms with Gasteiger partial charge in [-0.05, 0) is 71.9 Å². The molecule has 0 aliphatic heterocycles. The van der Waals surface area contributed by atoms with Gasteiger partial charge < -0.3 is 14.0 Å². The summed E-state index contributed by atoms with van der Waals surface area (Å²) in [4.78, 5) is 4.42. The number of aromatic nitrogens is 1. The van der Waals surface area contributed by atoms with Gasteiger partial charge in [0.2, 0.25) is 13.2 Å². The van der Waals surface area contributed by atoms with Crippen molar-refractivity contribution in [2.45, 2.75) is 59.2 Å². The molecule has 0 N–H and O–H groups in total. The Labute approximate surface area is 207 Å². The van der Waals surface area contributed by atoms with Crippen LogP contribution in [0.2, 0.25) is 0 Å². The van der Waals surface area contributed by atoms with Gasteiger partial charge in [-0.1, -0.05) is 42.8 Å². The molecule has 1 fully saturated rings. The van der Waals surface area contributed by atoms with Gasteiger partial charge in [0.25, 0.3) is 0 Å². The summed E-state index contributed by atoms with van der Waals surface area (Å²) < 4.78 is 31.3. The minimum absolute atomic E-state index is 0.0370. The Kier molecular flexibility index (Phi) is 8.82. The van der Waals surface area contributed by atoms with Crippen molar-refractivity contribution < 1.29 is 18.6 Å². The lowest BCUT2D eigenvalue weighted by Crippen LogP contribution is -2.20. The van der Waals surface area contributed by atoms with Crippen molar-refractivity contribution in [3.8, 4) is 5.88 Å². The second kappa shape index (κ2) is 11.0. The SMILES string of the molecule is CCOP(C)(=O)C[C@H](c1ccnc(OCc2ccc(Br)c([C@@H](OC)C(C)(C)C)c2)c1)C1CC1. The van der Waals surface area contributed by atoms with Crippen LogP contribution < -0.4 is 4.74 Å². The molecule has 0 amide bonds. The zero-order valence-corrected chi connectivity index (χ0v) is 23.1. The minimum atomic E-state index is -2.62. The van der Waals surface area contributed by atoms with Crippen LogP contribution in [0.4, 0.5) is 0 Å². The van der Waals surface area contributed by atoms with Gasteiger partial charge in [0.1, 0.15) is 6.61 Å². The molecule has 1 saturated carbocycles. The molecule has 1 aromatic heterocycles. The Hall–Kier alpha value is -1.20. The van der Waals surface area contributed by atoms with Gasteiger partial charge in [-0.2, -0.15) is 0 Å². The van der Waals surface area contributed by atoms with E-state index in [-0.39, 0.29) is 17.4 Å². The van der Waals surface area contributed by atoms with Gasteiger partial charge >= 0.3 is 0 Å². The number of halogens is 1. The fraction of sp³-hybridized carbons (Fsp3) is 0.577. The van der Waals surface area contributed by atoms with E-state index in [0.717, 1.165) is 21.2 Å². The molecular formula is C26H37BrNO4P. The summed E-state index contributed by atoms with van der Waals surface area (Å²) in [5, 5.41) is 0. The van der Waals surface area contributed by atoms with E-state index < -0.39 is 7.37 Å². The van der Waals surface area contributed by atoms with Crippen molar-refractivity contribution in [2.24, 2.45) is 11.3 Å². The normalized spacial score (nSPS) is 17.9. The third-order valence-electron chi connectivity index (χ3n) is 6.06. The van der Waals surface area contributed by atoms with Crippen molar-refractivity contribution in [3.05, 3.63) is 57.7 Å². The van der Waals surface area contributed by atoms with Crippen molar-refractivity contribution in [3.63, 3.8) is 0 Å². The Bertz CT molecular complexity index is 986. The predicted octanol–water partition coefficient (Wildman–Crippen LogP) is 7.59. The Morgan fingerprint density at radius 3 is 2.55 bits per heavy atom. The van der Waals surface area contributed by atoms with E-state index in [1.807, 2.05) is 25.1 Å². The number of hydrogen-bond acceptors (Lipinski definition) is 5. The Morgan fingerprint density at radius 2 is 1.94 bits per heavy atom. The molecule has 0 saturated heterocycles. The summed E-state index contributed by atoms with van der Waals surface area (Å²) in [7, 11) is -0.873. The van der Waals surface area contributed by atoms with Gasteiger partial charge in [0.05, 0.1) is 12.7 Å². The molecule has 0 spiro atoms. The van der Waals surface area contributed by atoms with Crippen molar-refractivity contribution in [2.75, 3.05) is 26.5 Å². The molecule has 1 aliphatic carbocycles. The number of pyridine rings is 1. The lowest BCUT2D eigenvalue weighted by atomic mass is 9.84. The summed E-state index contributed by atoms with van der Waals surface area (Å²) in [5.41, 5.74) is 3.26. The van der Waals surface area contributed by atoms with E-state index in [4.69, 9.17) is 14.0 Å². The molecule has 1 aliphatic rings. The molecule has 0 bridgehead atoms. The fourth-order valence-corrected chi connectivity index (χ4v) is 6.76. The van der Waals surface area contributed by atoms with Gasteiger partial charge in [-0.25, -0.2) is 4.98 Å². The van der Waals surface area contributed by atoms with E-state index in [1.54, 1.807) is 20.0 Å². The molecule has 7 heteroatoms. The lowest BCUT2D eigenvalue weighted by molar-refractivity contribution is 0.0146. The first-order valence-electron chi connectivity index (χ1n) is 11.6. The first-order chi connectivity index (χ1) is 15.5. The molecule has 1 aromatic carbocycles. The van der Waals surface area contributed by atoms with Crippen molar-refractivity contribution in [1.29, 1.82) is 0 Å². The van der Waals surface area contributed by atoms with Crippen LogP contribution in [0.25, 0.3) is 0 Å². The largest absolute Gasteiger partial charge is 0.473 e. The number of methoxy groups -OCH3 is 1. The molecule has 3 rings (SSSR count). The number of rotatable bonds is 11. The molecule has 33 heavy (non-hydrogen) atoms. The quantitative estimate of drug-likeness (QED) is 0.276. The number of nitrogens with zero attached hydrogens (tertiary/aromatic N) is 1. The van der Waals surface area contributed by atoms with Gasteiger partial charge in [-0.3, -0.25) is 4.57 Å². The van der Waals surface area contributed by atoms with Crippen LogP contribution in [-0.4, -0.2) is 31.5 Å². The third-order valence-corrected chi connectivity index (χ3v) is 8.64. The lowest BCUT2D eigenvalue weighted by Gasteiger charge is -2.30. The summed E-state index contributed by atoms with van der Waals surface area (Å²) in [5.74, 6) is 1.36. The van der Waals surface area contributed by atoms with Crippen molar-refractivity contribution >= 4 is 23.3 Å². The number of benzene rings is 1. The fourth-order valence-electron chi connectivity index (χ4n) is 4.43. The molecule has 1 unspecified atom stereocenters. The summed E-state index contributed by atoms with van der Waals surface area (Å²) in [6.07, 6.45) is 4.66. The first kappa shape index (κ1) is 26.4. The highest BCUT2D eigenvalue weighted by Crippen LogP contribution is 2.53. The molecule has 2 aromatic rings. The van der Waals surface area contributed by atoms with Crippen LogP contribution in [0.1, 0.15) is 69.2 Å². The third kappa shape index (κ3) is 7.39. The molecule has 1 heterocycles. The molecule has 3 atom stereocenters. The standard InChI is InChI=1S/C26H37BrNO4P/c1-7-32-33(6,29)17-22(19-9-10-19)20-12-13-28-24(15-20)31-16-18-8-11-23(27)21(14-18)25(30-5)26(2,3)4/h8,11-15,19,22,25H,7,9-10,16-17H2,1-6H3/t22-,25+,33?/m0/s1. The molecule has 0 radical (unpaired) electrons. The van der Waals surface area contributed by atoms with Gasteiger partial charge in [0, 0.05) is 36.7 Å². The Balaban J connectivity index is 1.75. The van der Waals surface area contributed by atoms with Gasteiger partial charge in [-0.15, -0.1) is 0 Å². The molecular weight excluding hydrogens is 501 g/mol. The highest BCUT2D eigenvalue weighted by molar-refractivity contribution is 9.10. The maximum absolute atomic E-state index is 12.9. The summed E-state index contributed by atoms with van der Waals surface area (Å²) in [6, 6.07) is 10.3. The van der Waals surface area contributed by atoms with Crippen LogP contribution in [-0.2, 0) is 20.4 Å². The highest BCUT2D eigenvalue weighted by Gasteiger charge is 2.36. The number of hydrogen-bond donors (Lipinski definition) is 0. The van der Waals surface area contributed by atoms with E-state index in [9.17, 15) is 4.57 Å². The maximum atomic E-state index is 12.9. The number of ether oxygens (including phenoxy) is 2. The Morgan fingerprint density at radius 1 is 1.21 bits per heavy atom. The van der Waals surface area contributed by atoms with Gasteiger partial charge in [0.15, 0.2) is 0 Å². The highest BCUT2D eigenvalue weighted by atomic mass is 79.9. The molecule has 5 nitrogen and oxygen atoms in total. The minimum Gasteiger partial charge on any atom is -0.473 e. The van der Waals surface area contributed by atoms with Crippen LogP contribution in [0, 0.1) is 11.3 Å². The van der Waals surface area contributed by atoms with E-state index in [0.29, 0.717) is 31.2 Å². The smallest absolute Gasteiger partial charge is 0.213 e. The predicted molar refractivity (Wildman–Crippen MR) is 137 cm³/mol. The van der Waals surface area contributed by atoms with Crippen molar-refractivity contribution in [1.82, 2.24) is 4.98 Å². The van der Waals surface area contributed by atoms with Crippen LogP contribution in [0.3, 0.4) is 0 Å². The monoisotopic (exact) mass is 537 g/mol. The summed E-state index contributed by atoms with van der Waals surface area (Å²) >= 11 is 3.67. The van der Waals surface area contributed by atoms with E-state index in [2.05, 4.69) is 53.8 Å². The maximum Gasteiger partial charge on any atom is 0.213 e. The summed E-state index contributed by atoms with van der Waals surface area (Å²) in [6.45, 7) is 11.0. The zero-order valence-electron chi connectivity index (χ0n) is 20.6. The second-order valence-corrected chi connectivity index (χ2v) is 13.6. The van der Waals surface area contributed by atoms with Crippen LogP contribution in [0.5, 0.6) is 5.88 Å². The molecule has 182 valence electrons. The van der Waals surface area contributed by atoms with Crippen LogP contribution in [0.15, 0.2) is 41.0 Å². The topological polar surface area (TPSA) is 57.7 Å². The van der Waals surface area contributed by atoms with Crippen LogP contribution >= 0.6 is 23.3 Å².